The molecule has 0 unspecified atom stereocenters. The molecule has 0 fully saturated rings. The Labute approximate surface area is 105 Å². The maximum Gasteiger partial charge on any atom is 0.119 e. The Bertz CT molecular complexity index is 321. The first-order valence-corrected chi connectivity index (χ1v) is 6.62. The van der Waals surface area contributed by atoms with E-state index in [1.165, 1.54) is 11.1 Å². The molecule has 0 aliphatic rings. The Morgan fingerprint density at radius 1 is 1.25 bits per heavy atom. The second kappa shape index (κ2) is 6.85. The van der Waals surface area contributed by atoms with Crippen molar-refractivity contribution in [2.75, 3.05) is 12.4 Å². The lowest BCUT2D eigenvalue weighted by Gasteiger charge is -2.12. The predicted octanol–water partition coefficient (Wildman–Crippen LogP) is 4.21. The van der Waals surface area contributed by atoms with Gasteiger partial charge in [0.25, 0.3) is 0 Å². The van der Waals surface area contributed by atoms with Crippen LogP contribution in [0, 0.1) is 6.92 Å². The van der Waals surface area contributed by atoms with Gasteiger partial charge in [0.05, 0.1) is 6.61 Å². The van der Waals surface area contributed by atoms with Gasteiger partial charge in [0.2, 0.25) is 0 Å². The SMILES string of the molecule is Cc1cc(OCCCCS)ccc1C(C)C. The van der Waals surface area contributed by atoms with Gasteiger partial charge in [0, 0.05) is 0 Å². The Kier molecular flexibility index (Phi) is 5.75. The fraction of sp³-hybridized carbons (Fsp3) is 0.571. The smallest absolute Gasteiger partial charge is 0.119 e. The minimum Gasteiger partial charge on any atom is -0.494 e. The van der Waals surface area contributed by atoms with Crippen molar-refractivity contribution in [3.63, 3.8) is 0 Å². The molecule has 0 saturated carbocycles. The molecule has 1 rings (SSSR count). The molecule has 1 aromatic rings. The summed E-state index contributed by atoms with van der Waals surface area (Å²) in [6.07, 6.45) is 2.20. The van der Waals surface area contributed by atoms with Crippen LogP contribution in [0.1, 0.15) is 43.7 Å². The molecule has 0 bridgehead atoms. The Morgan fingerprint density at radius 3 is 2.56 bits per heavy atom. The number of hydrogen-bond acceptors (Lipinski definition) is 2. The van der Waals surface area contributed by atoms with E-state index in [1.807, 2.05) is 0 Å². The highest BCUT2D eigenvalue weighted by molar-refractivity contribution is 7.80. The minimum absolute atomic E-state index is 0.582. The van der Waals surface area contributed by atoms with Crippen LogP contribution >= 0.6 is 12.6 Å². The van der Waals surface area contributed by atoms with Crippen molar-refractivity contribution >= 4 is 12.6 Å². The second-order valence-electron chi connectivity index (χ2n) is 4.45. The monoisotopic (exact) mass is 238 g/mol. The molecule has 0 saturated heterocycles. The Morgan fingerprint density at radius 2 is 2.00 bits per heavy atom. The molecule has 0 amide bonds. The maximum absolute atomic E-state index is 5.69. The molecule has 0 aliphatic heterocycles. The molecule has 0 heterocycles. The lowest BCUT2D eigenvalue weighted by molar-refractivity contribution is 0.309. The van der Waals surface area contributed by atoms with Gasteiger partial charge in [-0.2, -0.15) is 12.6 Å². The van der Waals surface area contributed by atoms with E-state index in [9.17, 15) is 0 Å². The highest BCUT2D eigenvalue weighted by Crippen LogP contribution is 2.23. The van der Waals surface area contributed by atoms with Gasteiger partial charge in [-0.25, -0.2) is 0 Å². The molecule has 1 aromatic carbocycles. The summed E-state index contributed by atoms with van der Waals surface area (Å²) in [7, 11) is 0. The van der Waals surface area contributed by atoms with Crippen LogP contribution in [0.3, 0.4) is 0 Å². The summed E-state index contributed by atoms with van der Waals surface area (Å²) >= 11 is 4.18. The Hall–Kier alpha value is -0.630. The average Bonchev–Trinajstić information content (AvgIpc) is 2.24. The predicted molar refractivity (Wildman–Crippen MR) is 73.9 cm³/mol. The highest BCUT2D eigenvalue weighted by atomic mass is 32.1. The molecule has 0 atom stereocenters. The van der Waals surface area contributed by atoms with Crippen molar-refractivity contribution in [3.05, 3.63) is 29.3 Å². The first kappa shape index (κ1) is 13.4. The summed E-state index contributed by atoms with van der Waals surface area (Å²) in [6.45, 7) is 7.38. The van der Waals surface area contributed by atoms with Gasteiger partial charge >= 0.3 is 0 Å². The van der Waals surface area contributed by atoms with Crippen LogP contribution in [0.2, 0.25) is 0 Å². The van der Waals surface area contributed by atoms with Crippen molar-refractivity contribution < 1.29 is 4.74 Å². The topological polar surface area (TPSA) is 9.23 Å². The van der Waals surface area contributed by atoms with E-state index in [2.05, 4.69) is 51.6 Å². The van der Waals surface area contributed by atoms with Gasteiger partial charge < -0.3 is 4.74 Å². The van der Waals surface area contributed by atoms with Crippen LogP contribution in [0.4, 0.5) is 0 Å². The third-order valence-electron chi connectivity index (χ3n) is 2.68. The average molecular weight is 238 g/mol. The first-order valence-electron chi connectivity index (χ1n) is 5.99. The molecule has 0 N–H and O–H groups in total. The molecule has 0 aliphatic carbocycles. The number of thiol groups is 1. The van der Waals surface area contributed by atoms with Crippen molar-refractivity contribution in [2.24, 2.45) is 0 Å². The molecule has 1 nitrogen and oxygen atoms in total. The molecule has 0 spiro atoms. The summed E-state index contributed by atoms with van der Waals surface area (Å²) in [6, 6.07) is 6.38. The van der Waals surface area contributed by atoms with Crippen molar-refractivity contribution in [1.82, 2.24) is 0 Å². The maximum atomic E-state index is 5.69. The molecule has 16 heavy (non-hydrogen) atoms. The number of aryl methyl sites for hydroxylation is 1. The lowest BCUT2D eigenvalue weighted by atomic mass is 9.98. The van der Waals surface area contributed by atoms with E-state index in [4.69, 9.17) is 4.74 Å². The fourth-order valence-electron chi connectivity index (χ4n) is 1.79. The third kappa shape index (κ3) is 4.09. The second-order valence-corrected chi connectivity index (χ2v) is 4.90. The van der Waals surface area contributed by atoms with Gasteiger partial charge in [-0.1, -0.05) is 19.9 Å². The standard InChI is InChI=1S/C14H22OS/c1-11(2)14-7-6-13(10-12(14)3)15-8-4-5-9-16/h6-7,10-11,16H,4-5,8-9H2,1-3H3. The summed E-state index contributed by atoms with van der Waals surface area (Å²) in [5.41, 5.74) is 2.73. The molecule has 0 aromatic heterocycles. The van der Waals surface area contributed by atoms with Gasteiger partial charge in [-0.3, -0.25) is 0 Å². The number of unbranched alkanes of at least 4 members (excludes halogenated alkanes) is 1. The highest BCUT2D eigenvalue weighted by Gasteiger charge is 2.04. The van der Waals surface area contributed by atoms with E-state index < -0.39 is 0 Å². The molecule has 0 radical (unpaired) electrons. The van der Waals surface area contributed by atoms with Gasteiger partial charge in [0.1, 0.15) is 5.75 Å². The van der Waals surface area contributed by atoms with Gasteiger partial charge in [0.15, 0.2) is 0 Å². The van der Waals surface area contributed by atoms with E-state index in [0.29, 0.717) is 5.92 Å². The van der Waals surface area contributed by atoms with Crippen LogP contribution in [0.5, 0.6) is 5.75 Å². The van der Waals surface area contributed by atoms with Gasteiger partial charge in [-0.05, 0) is 54.7 Å². The lowest BCUT2D eigenvalue weighted by Crippen LogP contribution is -1.99. The molecular formula is C14H22OS. The van der Waals surface area contributed by atoms with E-state index in [0.717, 1.165) is 31.0 Å². The zero-order valence-corrected chi connectivity index (χ0v) is 11.4. The van der Waals surface area contributed by atoms with Crippen molar-refractivity contribution in [1.29, 1.82) is 0 Å². The van der Waals surface area contributed by atoms with Crippen molar-refractivity contribution in [3.8, 4) is 5.75 Å². The Balaban J connectivity index is 2.53. The van der Waals surface area contributed by atoms with Crippen LogP contribution < -0.4 is 4.74 Å². The summed E-state index contributed by atoms with van der Waals surface area (Å²) in [4.78, 5) is 0. The van der Waals surface area contributed by atoms with Gasteiger partial charge in [-0.15, -0.1) is 0 Å². The minimum atomic E-state index is 0.582. The van der Waals surface area contributed by atoms with Crippen LogP contribution in [-0.4, -0.2) is 12.4 Å². The number of benzene rings is 1. The van der Waals surface area contributed by atoms with Crippen LogP contribution in [0.25, 0.3) is 0 Å². The summed E-state index contributed by atoms with van der Waals surface area (Å²) in [5.74, 6) is 2.51. The number of hydrogen-bond donors (Lipinski definition) is 1. The van der Waals surface area contributed by atoms with E-state index in [-0.39, 0.29) is 0 Å². The van der Waals surface area contributed by atoms with Crippen LogP contribution in [0.15, 0.2) is 18.2 Å². The third-order valence-corrected chi connectivity index (χ3v) is 3.00. The summed E-state index contributed by atoms with van der Waals surface area (Å²) < 4.78 is 5.69. The van der Waals surface area contributed by atoms with Crippen LogP contribution in [-0.2, 0) is 0 Å². The first-order chi connectivity index (χ1) is 7.65. The van der Waals surface area contributed by atoms with Crippen molar-refractivity contribution in [2.45, 2.75) is 39.5 Å². The molecule has 2 heteroatoms. The number of rotatable bonds is 6. The molecule has 90 valence electrons. The zero-order valence-electron chi connectivity index (χ0n) is 10.5. The van der Waals surface area contributed by atoms with E-state index in [1.54, 1.807) is 0 Å². The quantitative estimate of drug-likeness (QED) is 0.577. The van der Waals surface area contributed by atoms with E-state index >= 15 is 0 Å². The fourth-order valence-corrected chi connectivity index (χ4v) is 2.01. The largest absolute Gasteiger partial charge is 0.494 e. The zero-order chi connectivity index (χ0) is 12.0. The normalized spacial score (nSPS) is 10.8. The number of ether oxygens (including phenoxy) is 1. The molecular weight excluding hydrogens is 216 g/mol. The summed E-state index contributed by atoms with van der Waals surface area (Å²) in [5, 5.41) is 0.